The second kappa shape index (κ2) is 8.05. The lowest BCUT2D eigenvalue weighted by atomic mass is 10.1. The van der Waals surface area contributed by atoms with Gasteiger partial charge in [-0.2, -0.15) is 0 Å². The van der Waals surface area contributed by atoms with Gasteiger partial charge in [0, 0.05) is 13.1 Å². The fraction of sp³-hybridized carbons (Fsp3) is 0.318. The number of hydrogen-bond donors (Lipinski definition) is 0. The molecule has 0 aromatic heterocycles. The topological polar surface area (TPSA) is 76.2 Å². The first-order valence-electron chi connectivity index (χ1n) is 9.73. The first-order valence-corrected chi connectivity index (χ1v) is 9.73. The van der Waals surface area contributed by atoms with Gasteiger partial charge in [0.05, 0.1) is 47.9 Å². The SMILES string of the molecule is CCCOC(=O)c1cc(N2C(=O)c3ccccc3C2=O)ccc1N1CCOCC1. The van der Waals surface area contributed by atoms with Gasteiger partial charge in [-0.15, -0.1) is 0 Å². The van der Waals surface area contributed by atoms with E-state index in [1.165, 1.54) is 0 Å². The zero-order valence-electron chi connectivity index (χ0n) is 16.2. The van der Waals surface area contributed by atoms with Crippen LogP contribution in [-0.4, -0.2) is 50.7 Å². The highest BCUT2D eigenvalue weighted by Gasteiger charge is 2.37. The summed E-state index contributed by atoms with van der Waals surface area (Å²) in [6.07, 6.45) is 0.705. The van der Waals surface area contributed by atoms with Crippen molar-refractivity contribution in [1.82, 2.24) is 0 Å². The van der Waals surface area contributed by atoms with Crippen molar-refractivity contribution in [1.29, 1.82) is 0 Å². The van der Waals surface area contributed by atoms with Crippen molar-refractivity contribution in [3.63, 3.8) is 0 Å². The number of nitrogens with zero attached hydrogens (tertiary/aromatic N) is 2. The van der Waals surface area contributed by atoms with E-state index in [9.17, 15) is 14.4 Å². The highest BCUT2D eigenvalue weighted by Crippen LogP contribution is 2.32. The lowest BCUT2D eigenvalue weighted by Crippen LogP contribution is -2.37. The number of fused-ring (bicyclic) bond motifs is 1. The maximum Gasteiger partial charge on any atom is 0.340 e. The van der Waals surface area contributed by atoms with Crippen molar-refractivity contribution in [2.75, 3.05) is 42.7 Å². The van der Waals surface area contributed by atoms with Gasteiger partial charge in [-0.3, -0.25) is 9.59 Å². The van der Waals surface area contributed by atoms with Crippen LogP contribution in [0.2, 0.25) is 0 Å². The second-order valence-corrected chi connectivity index (χ2v) is 6.93. The van der Waals surface area contributed by atoms with E-state index in [0.29, 0.717) is 61.7 Å². The maximum absolute atomic E-state index is 12.8. The molecule has 4 rings (SSSR count). The van der Waals surface area contributed by atoms with E-state index < -0.39 is 17.8 Å². The molecular weight excluding hydrogens is 372 g/mol. The number of carbonyl (C=O) groups is 3. The largest absolute Gasteiger partial charge is 0.462 e. The Morgan fingerprint density at radius 1 is 1.03 bits per heavy atom. The molecule has 0 bridgehead atoms. The molecule has 1 fully saturated rings. The van der Waals surface area contributed by atoms with Crippen molar-refractivity contribution in [3.8, 4) is 0 Å². The van der Waals surface area contributed by atoms with Gasteiger partial charge in [0.1, 0.15) is 0 Å². The number of hydrogen-bond acceptors (Lipinski definition) is 6. The Labute approximate surface area is 168 Å². The molecule has 0 N–H and O–H groups in total. The van der Waals surface area contributed by atoms with Crippen molar-refractivity contribution in [2.24, 2.45) is 0 Å². The van der Waals surface area contributed by atoms with Crippen LogP contribution < -0.4 is 9.80 Å². The molecule has 7 nitrogen and oxygen atoms in total. The summed E-state index contributed by atoms with van der Waals surface area (Å²) in [6.45, 7) is 4.68. The summed E-state index contributed by atoms with van der Waals surface area (Å²) in [5, 5.41) is 0. The van der Waals surface area contributed by atoms with E-state index in [2.05, 4.69) is 4.90 Å². The molecule has 2 aromatic carbocycles. The lowest BCUT2D eigenvalue weighted by molar-refractivity contribution is 0.0504. The van der Waals surface area contributed by atoms with Crippen LogP contribution in [0.4, 0.5) is 11.4 Å². The Bertz CT molecular complexity index is 930. The predicted molar refractivity (Wildman–Crippen MR) is 108 cm³/mol. The molecule has 0 spiro atoms. The van der Waals surface area contributed by atoms with Crippen molar-refractivity contribution >= 4 is 29.2 Å². The third kappa shape index (κ3) is 3.49. The number of carbonyl (C=O) groups excluding carboxylic acids is 3. The molecule has 7 heteroatoms. The number of ether oxygens (including phenoxy) is 2. The van der Waals surface area contributed by atoms with Gasteiger partial charge in [0.25, 0.3) is 11.8 Å². The van der Waals surface area contributed by atoms with Gasteiger partial charge in [-0.05, 0) is 36.8 Å². The highest BCUT2D eigenvalue weighted by atomic mass is 16.5. The minimum absolute atomic E-state index is 0.304. The summed E-state index contributed by atoms with van der Waals surface area (Å²) in [5.41, 5.74) is 2.15. The number of morpholine rings is 1. The van der Waals surface area contributed by atoms with E-state index in [1.54, 1.807) is 42.5 Å². The molecule has 29 heavy (non-hydrogen) atoms. The molecule has 0 unspecified atom stereocenters. The Balaban J connectivity index is 1.73. The summed E-state index contributed by atoms with van der Waals surface area (Å²) < 4.78 is 10.8. The zero-order chi connectivity index (χ0) is 20.4. The van der Waals surface area contributed by atoms with Crippen molar-refractivity contribution in [3.05, 3.63) is 59.2 Å². The Hall–Kier alpha value is -3.19. The average Bonchev–Trinajstić information content (AvgIpc) is 3.02. The van der Waals surface area contributed by atoms with Gasteiger partial charge < -0.3 is 14.4 Å². The summed E-state index contributed by atoms with van der Waals surface area (Å²) in [6, 6.07) is 11.8. The van der Waals surface area contributed by atoms with Crippen LogP contribution >= 0.6 is 0 Å². The average molecular weight is 394 g/mol. The fourth-order valence-corrected chi connectivity index (χ4v) is 3.60. The van der Waals surface area contributed by atoms with Crippen LogP contribution in [0, 0.1) is 0 Å². The van der Waals surface area contributed by atoms with Crippen LogP contribution in [0.15, 0.2) is 42.5 Å². The van der Waals surface area contributed by atoms with E-state index >= 15 is 0 Å². The molecule has 1 saturated heterocycles. The van der Waals surface area contributed by atoms with Gasteiger partial charge >= 0.3 is 5.97 Å². The molecule has 0 aliphatic carbocycles. The molecular formula is C22H22N2O5. The fourth-order valence-electron chi connectivity index (χ4n) is 3.60. The normalized spacial score (nSPS) is 16.2. The van der Waals surface area contributed by atoms with Crippen LogP contribution in [0.5, 0.6) is 0 Å². The quantitative estimate of drug-likeness (QED) is 0.573. The van der Waals surface area contributed by atoms with Gasteiger partial charge in [-0.1, -0.05) is 19.1 Å². The van der Waals surface area contributed by atoms with Crippen LogP contribution in [0.25, 0.3) is 0 Å². The standard InChI is InChI=1S/C22H22N2O5/c1-2-11-29-22(27)18-14-15(7-8-19(18)23-9-12-28-13-10-23)24-20(25)16-5-3-4-6-17(16)21(24)26/h3-8,14H,2,9-13H2,1H3. The maximum atomic E-state index is 12.8. The Kier molecular flexibility index (Phi) is 5.31. The summed E-state index contributed by atoms with van der Waals surface area (Å²) in [7, 11) is 0. The van der Waals surface area contributed by atoms with Crippen LogP contribution in [0.1, 0.15) is 44.4 Å². The molecule has 2 aliphatic rings. The molecule has 150 valence electrons. The van der Waals surface area contributed by atoms with E-state index in [0.717, 1.165) is 10.6 Å². The second-order valence-electron chi connectivity index (χ2n) is 6.93. The molecule has 0 saturated carbocycles. The lowest BCUT2D eigenvalue weighted by Gasteiger charge is -2.30. The van der Waals surface area contributed by atoms with Gasteiger partial charge in [0.15, 0.2) is 0 Å². The third-order valence-corrected chi connectivity index (χ3v) is 5.04. The predicted octanol–water partition coefficient (Wildman–Crippen LogP) is 2.89. The highest BCUT2D eigenvalue weighted by molar-refractivity contribution is 6.34. The molecule has 0 radical (unpaired) electrons. The van der Waals surface area contributed by atoms with E-state index in [4.69, 9.17) is 9.47 Å². The number of esters is 1. The summed E-state index contributed by atoms with van der Waals surface area (Å²) in [4.78, 5) is 41.5. The number of rotatable bonds is 5. The van der Waals surface area contributed by atoms with Gasteiger partial charge in [0.2, 0.25) is 0 Å². The van der Waals surface area contributed by atoms with Gasteiger partial charge in [-0.25, -0.2) is 9.69 Å². The number of benzene rings is 2. The number of imide groups is 1. The Morgan fingerprint density at radius 3 is 2.31 bits per heavy atom. The van der Waals surface area contributed by atoms with Crippen molar-refractivity contribution in [2.45, 2.75) is 13.3 Å². The first kappa shape index (κ1) is 19.1. The minimum atomic E-state index is -0.466. The molecule has 2 aliphatic heterocycles. The zero-order valence-corrected chi connectivity index (χ0v) is 16.2. The monoisotopic (exact) mass is 394 g/mol. The third-order valence-electron chi connectivity index (χ3n) is 5.04. The van der Waals surface area contributed by atoms with Crippen LogP contribution in [-0.2, 0) is 9.47 Å². The first-order chi connectivity index (χ1) is 14.1. The smallest absolute Gasteiger partial charge is 0.340 e. The number of amides is 2. The van der Waals surface area contributed by atoms with Crippen LogP contribution in [0.3, 0.4) is 0 Å². The molecule has 2 amide bonds. The Morgan fingerprint density at radius 2 is 1.69 bits per heavy atom. The molecule has 2 heterocycles. The summed E-state index contributed by atoms with van der Waals surface area (Å²) >= 11 is 0. The van der Waals surface area contributed by atoms with Crippen molar-refractivity contribution < 1.29 is 23.9 Å². The van der Waals surface area contributed by atoms with E-state index in [-0.39, 0.29) is 0 Å². The number of anilines is 2. The summed E-state index contributed by atoms with van der Waals surface area (Å²) in [5.74, 6) is -1.25. The molecule has 2 aromatic rings. The molecule has 0 atom stereocenters. The van der Waals surface area contributed by atoms with E-state index in [1.807, 2.05) is 6.92 Å². The minimum Gasteiger partial charge on any atom is -0.462 e.